The number of hydrogen-bond donors (Lipinski definition) is 0. The van der Waals surface area contributed by atoms with Crippen LogP contribution in [0.3, 0.4) is 0 Å². The Labute approximate surface area is 133 Å². The van der Waals surface area contributed by atoms with Crippen molar-refractivity contribution in [1.82, 2.24) is 24.0 Å². The Morgan fingerprint density at radius 3 is 2.68 bits per heavy atom. The second-order valence-electron chi connectivity index (χ2n) is 6.00. The zero-order chi connectivity index (χ0) is 14.8. The highest BCUT2D eigenvalue weighted by Crippen LogP contribution is 2.25. The summed E-state index contributed by atoms with van der Waals surface area (Å²) in [6, 6.07) is 8.53. The third-order valence-corrected chi connectivity index (χ3v) is 5.33. The molecule has 0 amide bonds. The van der Waals surface area contributed by atoms with E-state index >= 15 is 0 Å². The van der Waals surface area contributed by atoms with Gasteiger partial charge in [0.25, 0.3) is 0 Å². The normalized spacial score (nSPS) is 17.3. The van der Waals surface area contributed by atoms with Gasteiger partial charge in [-0.3, -0.25) is 4.90 Å². The van der Waals surface area contributed by atoms with Gasteiger partial charge in [-0.1, -0.05) is 18.2 Å². The SMILES string of the molecule is c1ccc2c(CN3CCC(Cn4cnnc4)CC3)nsc2c1. The fourth-order valence-corrected chi connectivity index (χ4v) is 3.99. The van der Waals surface area contributed by atoms with Crippen LogP contribution in [0.5, 0.6) is 0 Å². The number of hydrogen-bond acceptors (Lipinski definition) is 5. The first-order valence-electron chi connectivity index (χ1n) is 7.76. The van der Waals surface area contributed by atoms with Crippen molar-refractivity contribution < 1.29 is 0 Å². The molecular formula is C16H19N5S. The molecule has 0 bridgehead atoms. The maximum Gasteiger partial charge on any atom is 0.119 e. The van der Waals surface area contributed by atoms with Gasteiger partial charge in [-0.25, -0.2) is 0 Å². The first kappa shape index (κ1) is 13.8. The minimum atomic E-state index is 0.736. The lowest BCUT2D eigenvalue weighted by molar-refractivity contribution is 0.166. The van der Waals surface area contributed by atoms with Gasteiger partial charge in [0.2, 0.25) is 0 Å². The van der Waals surface area contributed by atoms with Crippen LogP contribution in [0.25, 0.3) is 10.1 Å². The van der Waals surface area contributed by atoms with E-state index in [0.717, 1.165) is 32.1 Å². The number of piperidine rings is 1. The zero-order valence-corrected chi connectivity index (χ0v) is 13.2. The number of nitrogens with zero attached hydrogens (tertiary/aromatic N) is 5. The molecule has 5 nitrogen and oxygen atoms in total. The van der Waals surface area contributed by atoms with E-state index in [1.807, 2.05) is 12.7 Å². The van der Waals surface area contributed by atoms with Gasteiger partial charge >= 0.3 is 0 Å². The lowest BCUT2D eigenvalue weighted by Crippen LogP contribution is -2.34. The minimum absolute atomic E-state index is 0.736. The van der Waals surface area contributed by atoms with Crippen molar-refractivity contribution in [3.8, 4) is 0 Å². The van der Waals surface area contributed by atoms with E-state index in [9.17, 15) is 0 Å². The van der Waals surface area contributed by atoms with Crippen LogP contribution in [0.15, 0.2) is 36.9 Å². The van der Waals surface area contributed by atoms with Gasteiger partial charge in [0.1, 0.15) is 12.7 Å². The van der Waals surface area contributed by atoms with Crippen molar-refractivity contribution in [3.05, 3.63) is 42.6 Å². The van der Waals surface area contributed by atoms with E-state index in [2.05, 4.69) is 48.3 Å². The van der Waals surface area contributed by atoms with Crippen molar-refractivity contribution in [3.63, 3.8) is 0 Å². The molecule has 2 aromatic heterocycles. The predicted molar refractivity (Wildman–Crippen MR) is 87.6 cm³/mol. The topological polar surface area (TPSA) is 46.8 Å². The van der Waals surface area contributed by atoms with E-state index in [-0.39, 0.29) is 0 Å². The molecule has 0 spiro atoms. The minimum Gasteiger partial charge on any atom is -0.320 e. The van der Waals surface area contributed by atoms with Gasteiger partial charge in [-0.05, 0) is 49.4 Å². The molecule has 0 N–H and O–H groups in total. The van der Waals surface area contributed by atoms with Gasteiger partial charge in [-0.15, -0.1) is 10.2 Å². The van der Waals surface area contributed by atoms with Crippen LogP contribution in [-0.2, 0) is 13.1 Å². The van der Waals surface area contributed by atoms with E-state index in [0.29, 0.717) is 0 Å². The summed E-state index contributed by atoms with van der Waals surface area (Å²) in [7, 11) is 0. The van der Waals surface area contributed by atoms with Crippen LogP contribution in [0.1, 0.15) is 18.5 Å². The molecule has 1 aliphatic heterocycles. The number of fused-ring (bicyclic) bond motifs is 1. The van der Waals surface area contributed by atoms with Crippen LogP contribution >= 0.6 is 11.5 Å². The Balaban J connectivity index is 1.36. The summed E-state index contributed by atoms with van der Waals surface area (Å²) in [5.74, 6) is 0.736. The van der Waals surface area contributed by atoms with Crippen molar-refractivity contribution in [2.45, 2.75) is 25.9 Å². The monoisotopic (exact) mass is 313 g/mol. The Kier molecular flexibility index (Phi) is 3.86. The van der Waals surface area contributed by atoms with Crippen LogP contribution in [-0.4, -0.2) is 37.1 Å². The number of likely N-dealkylation sites (tertiary alicyclic amines) is 1. The molecule has 1 aromatic carbocycles. The molecule has 0 unspecified atom stereocenters. The second-order valence-corrected chi connectivity index (χ2v) is 6.81. The quantitative estimate of drug-likeness (QED) is 0.743. The fraction of sp³-hybridized carbons (Fsp3) is 0.438. The summed E-state index contributed by atoms with van der Waals surface area (Å²) in [6.07, 6.45) is 6.10. The standard InChI is InChI=1S/C16H19N5S/c1-2-4-16-14(3-1)15(19-22-16)10-20-7-5-13(6-8-20)9-21-11-17-18-12-21/h1-4,11-13H,5-10H2. The molecule has 0 saturated carbocycles. The maximum absolute atomic E-state index is 4.65. The summed E-state index contributed by atoms with van der Waals surface area (Å²) in [4.78, 5) is 2.53. The van der Waals surface area contributed by atoms with Crippen molar-refractivity contribution in [2.24, 2.45) is 5.92 Å². The number of benzene rings is 1. The Bertz CT molecular complexity index is 728. The average molecular weight is 313 g/mol. The molecule has 0 radical (unpaired) electrons. The van der Waals surface area contributed by atoms with Crippen molar-refractivity contribution in [2.75, 3.05) is 13.1 Å². The summed E-state index contributed by atoms with van der Waals surface area (Å²) >= 11 is 1.61. The van der Waals surface area contributed by atoms with E-state index in [1.165, 1.54) is 28.6 Å². The van der Waals surface area contributed by atoms with E-state index < -0.39 is 0 Å². The van der Waals surface area contributed by atoms with Crippen molar-refractivity contribution >= 4 is 21.6 Å². The third kappa shape index (κ3) is 2.89. The van der Waals surface area contributed by atoms with Gasteiger partial charge in [-0.2, -0.15) is 4.37 Å². The maximum atomic E-state index is 4.65. The van der Waals surface area contributed by atoms with Crippen LogP contribution < -0.4 is 0 Å². The third-order valence-electron chi connectivity index (χ3n) is 4.47. The second kappa shape index (κ2) is 6.14. The first-order valence-corrected chi connectivity index (χ1v) is 8.54. The summed E-state index contributed by atoms with van der Waals surface area (Å²) in [6.45, 7) is 4.32. The lowest BCUT2D eigenvalue weighted by atomic mass is 9.96. The highest BCUT2D eigenvalue weighted by molar-refractivity contribution is 7.13. The highest BCUT2D eigenvalue weighted by Gasteiger charge is 2.20. The Morgan fingerprint density at radius 2 is 1.86 bits per heavy atom. The predicted octanol–water partition coefficient (Wildman–Crippen LogP) is 2.80. The summed E-state index contributed by atoms with van der Waals surface area (Å²) in [5, 5.41) is 9.07. The van der Waals surface area contributed by atoms with Gasteiger partial charge in [0.15, 0.2) is 0 Å². The fourth-order valence-electron chi connectivity index (χ4n) is 3.21. The molecule has 1 fully saturated rings. The van der Waals surface area contributed by atoms with Gasteiger partial charge in [0, 0.05) is 18.5 Å². The van der Waals surface area contributed by atoms with E-state index in [1.54, 1.807) is 11.5 Å². The van der Waals surface area contributed by atoms with Crippen LogP contribution in [0.4, 0.5) is 0 Å². The molecule has 0 atom stereocenters. The Hall–Kier alpha value is -1.79. The zero-order valence-electron chi connectivity index (χ0n) is 12.4. The van der Waals surface area contributed by atoms with E-state index in [4.69, 9.17) is 0 Å². The molecule has 4 rings (SSSR count). The Morgan fingerprint density at radius 1 is 1.09 bits per heavy atom. The first-order chi connectivity index (χ1) is 10.9. The van der Waals surface area contributed by atoms with Gasteiger partial charge < -0.3 is 4.57 Å². The molecule has 22 heavy (non-hydrogen) atoms. The van der Waals surface area contributed by atoms with Crippen LogP contribution in [0, 0.1) is 5.92 Å². The molecule has 6 heteroatoms. The molecule has 1 saturated heterocycles. The smallest absolute Gasteiger partial charge is 0.119 e. The summed E-state index contributed by atoms with van der Waals surface area (Å²) < 4.78 is 8.03. The molecule has 3 aromatic rings. The van der Waals surface area contributed by atoms with Crippen molar-refractivity contribution in [1.29, 1.82) is 0 Å². The highest BCUT2D eigenvalue weighted by atomic mass is 32.1. The van der Waals surface area contributed by atoms with Crippen LogP contribution in [0.2, 0.25) is 0 Å². The summed E-state index contributed by atoms with van der Waals surface area (Å²) in [5.41, 5.74) is 1.23. The molecule has 1 aliphatic rings. The lowest BCUT2D eigenvalue weighted by Gasteiger charge is -2.31. The largest absolute Gasteiger partial charge is 0.320 e. The average Bonchev–Trinajstić information content (AvgIpc) is 3.20. The molecule has 0 aliphatic carbocycles. The number of rotatable bonds is 4. The number of aromatic nitrogens is 4. The molecule has 114 valence electrons. The van der Waals surface area contributed by atoms with Gasteiger partial charge in [0.05, 0.1) is 10.4 Å². The molecule has 3 heterocycles. The molecular weight excluding hydrogens is 294 g/mol.